The van der Waals surface area contributed by atoms with E-state index < -0.39 is 5.54 Å². The van der Waals surface area contributed by atoms with Gasteiger partial charge in [0.25, 0.3) is 0 Å². The van der Waals surface area contributed by atoms with E-state index in [4.69, 9.17) is 4.74 Å². The van der Waals surface area contributed by atoms with E-state index in [1.54, 1.807) is 0 Å². The third-order valence-electron chi connectivity index (χ3n) is 3.14. The summed E-state index contributed by atoms with van der Waals surface area (Å²) in [6, 6.07) is 2.45. The van der Waals surface area contributed by atoms with Crippen molar-refractivity contribution in [1.29, 1.82) is 5.26 Å². The molecule has 92 valence electrons. The molecule has 3 heteroatoms. The predicted octanol–water partition coefficient (Wildman–Crippen LogP) is 2.48. The maximum atomic E-state index is 9.38. The van der Waals surface area contributed by atoms with Crippen LogP contribution in [0.25, 0.3) is 0 Å². The number of nitrogens with zero attached hydrogens (tertiary/aromatic N) is 1. The summed E-state index contributed by atoms with van der Waals surface area (Å²) in [5.74, 6) is 0.505. The molecule has 0 amide bonds. The minimum absolute atomic E-state index is 0.413. The Morgan fingerprint density at radius 2 is 2.12 bits per heavy atom. The number of rotatable bonds is 9. The SMILES string of the molecule is CCCCOCC(C#N)(NCCC)C1CC1. The Balaban J connectivity index is 2.39. The first kappa shape index (κ1) is 13.5. The average molecular weight is 224 g/mol. The molecule has 0 aromatic carbocycles. The third-order valence-corrected chi connectivity index (χ3v) is 3.14. The Hall–Kier alpha value is -0.590. The Kier molecular flexibility index (Phi) is 5.79. The lowest BCUT2D eigenvalue weighted by molar-refractivity contribution is 0.0790. The van der Waals surface area contributed by atoms with Gasteiger partial charge in [0.2, 0.25) is 0 Å². The molecule has 0 aliphatic heterocycles. The maximum absolute atomic E-state index is 9.38. The summed E-state index contributed by atoms with van der Waals surface area (Å²) in [7, 11) is 0. The van der Waals surface area contributed by atoms with Crippen molar-refractivity contribution in [2.45, 2.75) is 51.5 Å². The summed E-state index contributed by atoms with van der Waals surface area (Å²) < 4.78 is 5.64. The van der Waals surface area contributed by atoms with Gasteiger partial charge in [0, 0.05) is 6.61 Å². The van der Waals surface area contributed by atoms with Crippen molar-refractivity contribution in [2.24, 2.45) is 5.92 Å². The number of unbranched alkanes of at least 4 members (excludes halogenated alkanes) is 1. The second-order valence-corrected chi connectivity index (χ2v) is 4.69. The molecule has 1 unspecified atom stereocenters. The van der Waals surface area contributed by atoms with Gasteiger partial charge in [0.05, 0.1) is 12.7 Å². The van der Waals surface area contributed by atoms with Crippen LogP contribution >= 0.6 is 0 Å². The molecule has 3 nitrogen and oxygen atoms in total. The van der Waals surface area contributed by atoms with Crippen LogP contribution in [0.1, 0.15) is 46.0 Å². The lowest BCUT2D eigenvalue weighted by atomic mass is 9.96. The number of hydrogen-bond acceptors (Lipinski definition) is 3. The topological polar surface area (TPSA) is 45.0 Å². The van der Waals surface area contributed by atoms with Gasteiger partial charge in [0.1, 0.15) is 5.54 Å². The highest BCUT2D eigenvalue weighted by Gasteiger charge is 2.45. The Labute approximate surface area is 99.2 Å². The van der Waals surface area contributed by atoms with Crippen molar-refractivity contribution in [1.82, 2.24) is 5.32 Å². The monoisotopic (exact) mass is 224 g/mol. The van der Waals surface area contributed by atoms with E-state index in [1.165, 1.54) is 12.8 Å². The fraction of sp³-hybridized carbons (Fsp3) is 0.923. The first-order valence-electron chi connectivity index (χ1n) is 6.53. The molecule has 1 atom stereocenters. The van der Waals surface area contributed by atoms with Gasteiger partial charge in [-0.1, -0.05) is 20.3 Å². The Bertz CT molecular complexity index is 233. The second-order valence-electron chi connectivity index (χ2n) is 4.69. The number of nitriles is 1. The van der Waals surface area contributed by atoms with Crippen LogP contribution in [0.2, 0.25) is 0 Å². The molecule has 0 aromatic heterocycles. The van der Waals surface area contributed by atoms with Gasteiger partial charge in [-0.2, -0.15) is 5.26 Å². The van der Waals surface area contributed by atoms with E-state index in [9.17, 15) is 5.26 Å². The summed E-state index contributed by atoms with van der Waals surface area (Å²) in [6.45, 7) is 6.51. The molecule has 16 heavy (non-hydrogen) atoms. The van der Waals surface area contributed by atoms with Crippen molar-refractivity contribution >= 4 is 0 Å². The maximum Gasteiger partial charge on any atom is 0.133 e. The van der Waals surface area contributed by atoms with Crippen LogP contribution in [0.3, 0.4) is 0 Å². The normalized spacial score (nSPS) is 19.1. The van der Waals surface area contributed by atoms with Crippen molar-refractivity contribution < 1.29 is 4.74 Å². The Morgan fingerprint density at radius 3 is 2.62 bits per heavy atom. The molecule has 1 aliphatic rings. The number of ether oxygens (including phenoxy) is 1. The smallest absolute Gasteiger partial charge is 0.133 e. The zero-order chi connectivity index (χ0) is 11.9. The molecule has 0 saturated heterocycles. The van der Waals surface area contributed by atoms with E-state index in [0.717, 1.165) is 32.4 Å². The highest BCUT2D eigenvalue weighted by molar-refractivity contribution is 5.15. The van der Waals surface area contributed by atoms with E-state index >= 15 is 0 Å². The molecule has 1 fully saturated rings. The fourth-order valence-corrected chi connectivity index (χ4v) is 1.88. The highest BCUT2D eigenvalue weighted by atomic mass is 16.5. The van der Waals surface area contributed by atoms with Crippen molar-refractivity contribution in [3.63, 3.8) is 0 Å². The van der Waals surface area contributed by atoms with Gasteiger partial charge >= 0.3 is 0 Å². The third kappa shape index (κ3) is 3.77. The van der Waals surface area contributed by atoms with Gasteiger partial charge in [-0.15, -0.1) is 0 Å². The summed E-state index contributed by atoms with van der Waals surface area (Å²) >= 11 is 0. The highest BCUT2D eigenvalue weighted by Crippen LogP contribution is 2.39. The summed E-state index contributed by atoms with van der Waals surface area (Å²) in [4.78, 5) is 0. The molecule has 0 bridgehead atoms. The summed E-state index contributed by atoms with van der Waals surface area (Å²) in [5, 5.41) is 12.8. The van der Waals surface area contributed by atoms with Crippen molar-refractivity contribution in [3.8, 4) is 6.07 Å². The average Bonchev–Trinajstić information content (AvgIpc) is 3.13. The molecule has 1 aliphatic carbocycles. The molecular formula is C13H24N2O. The molecule has 0 spiro atoms. The largest absolute Gasteiger partial charge is 0.378 e. The molecule has 0 heterocycles. The van der Waals surface area contributed by atoms with Gasteiger partial charge in [-0.25, -0.2) is 0 Å². The van der Waals surface area contributed by atoms with Crippen LogP contribution in [0.5, 0.6) is 0 Å². The van der Waals surface area contributed by atoms with Crippen molar-refractivity contribution in [2.75, 3.05) is 19.8 Å². The van der Waals surface area contributed by atoms with E-state index in [0.29, 0.717) is 12.5 Å². The van der Waals surface area contributed by atoms with Crippen LogP contribution in [0.4, 0.5) is 0 Å². The predicted molar refractivity (Wildman–Crippen MR) is 65.1 cm³/mol. The van der Waals surface area contributed by atoms with Crippen molar-refractivity contribution in [3.05, 3.63) is 0 Å². The lowest BCUT2D eigenvalue weighted by Gasteiger charge is -2.27. The molecule has 0 aromatic rings. The lowest BCUT2D eigenvalue weighted by Crippen LogP contribution is -2.50. The standard InChI is InChI=1S/C13H24N2O/c1-3-5-9-16-11-13(10-14,12-6-7-12)15-8-4-2/h12,15H,3-9,11H2,1-2H3. The fourth-order valence-electron chi connectivity index (χ4n) is 1.88. The van der Waals surface area contributed by atoms with Crippen LogP contribution in [-0.4, -0.2) is 25.3 Å². The molecule has 1 rings (SSSR count). The zero-order valence-electron chi connectivity index (χ0n) is 10.6. The Morgan fingerprint density at radius 1 is 1.38 bits per heavy atom. The minimum atomic E-state index is -0.413. The number of hydrogen-bond donors (Lipinski definition) is 1. The minimum Gasteiger partial charge on any atom is -0.378 e. The summed E-state index contributed by atoms with van der Waals surface area (Å²) in [6.07, 6.45) is 5.62. The van der Waals surface area contributed by atoms with E-state index in [-0.39, 0.29) is 0 Å². The van der Waals surface area contributed by atoms with Crippen LogP contribution in [-0.2, 0) is 4.74 Å². The van der Waals surface area contributed by atoms with Gasteiger partial charge in [0.15, 0.2) is 0 Å². The second kappa shape index (κ2) is 6.88. The van der Waals surface area contributed by atoms with Gasteiger partial charge in [-0.3, -0.25) is 5.32 Å². The first-order chi connectivity index (χ1) is 7.79. The van der Waals surface area contributed by atoms with Crippen LogP contribution in [0.15, 0.2) is 0 Å². The zero-order valence-corrected chi connectivity index (χ0v) is 10.6. The van der Waals surface area contributed by atoms with Crippen LogP contribution < -0.4 is 5.32 Å². The molecule has 1 saturated carbocycles. The van der Waals surface area contributed by atoms with Gasteiger partial charge < -0.3 is 4.74 Å². The van der Waals surface area contributed by atoms with E-state index in [2.05, 4.69) is 25.2 Å². The summed E-state index contributed by atoms with van der Waals surface area (Å²) in [5.41, 5.74) is -0.413. The van der Waals surface area contributed by atoms with Crippen LogP contribution in [0, 0.1) is 17.2 Å². The molecule has 0 radical (unpaired) electrons. The van der Waals surface area contributed by atoms with E-state index in [1.807, 2.05) is 0 Å². The first-order valence-corrected chi connectivity index (χ1v) is 6.53. The van der Waals surface area contributed by atoms with Gasteiger partial charge in [-0.05, 0) is 38.1 Å². The number of nitrogens with one attached hydrogen (secondary N) is 1. The quantitative estimate of drug-likeness (QED) is 0.612. The molecular weight excluding hydrogens is 200 g/mol. The molecule has 1 N–H and O–H groups in total.